The van der Waals surface area contributed by atoms with E-state index in [0.29, 0.717) is 23.2 Å². The average molecular weight is 253 g/mol. The Hall–Kier alpha value is -0.800. The highest BCUT2D eigenvalue weighted by Crippen LogP contribution is 2.28. The van der Waals surface area contributed by atoms with Gasteiger partial charge in [0.15, 0.2) is 0 Å². The molecule has 3 atom stereocenters. The van der Waals surface area contributed by atoms with E-state index >= 15 is 0 Å². The number of ether oxygens (including phenoxy) is 1. The van der Waals surface area contributed by atoms with Crippen LogP contribution in [0.15, 0.2) is 18.5 Å². The van der Waals surface area contributed by atoms with E-state index in [-0.39, 0.29) is 0 Å². The quantitative estimate of drug-likeness (QED) is 0.879. The van der Waals surface area contributed by atoms with Gasteiger partial charge in [-0.05, 0) is 25.7 Å². The number of nitrogens with zero attached hydrogens (tertiary/aromatic N) is 1. The Morgan fingerprint density at radius 3 is 2.71 bits per heavy atom. The minimum atomic E-state index is 0.312. The molecule has 17 heavy (non-hydrogen) atoms. The minimum absolute atomic E-state index is 0.312. The summed E-state index contributed by atoms with van der Waals surface area (Å²) in [6.45, 7) is 0. The SMILES string of the molecule is Clc1cncc(O[C@@H]2C[C@H]3CCC[C@@H](C2)N3)c1. The van der Waals surface area contributed by atoms with Crippen molar-refractivity contribution in [1.82, 2.24) is 10.3 Å². The number of halogens is 1. The number of rotatable bonds is 2. The van der Waals surface area contributed by atoms with Gasteiger partial charge in [-0.2, -0.15) is 0 Å². The van der Waals surface area contributed by atoms with Gasteiger partial charge in [0.25, 0.3) is 0 Å². The molecule has 2 aliphatic rings. The van der Waals surface area contributed by atoms with E-state index in [1.165, 1.54) is 19.3 Å². The molecule has 3 nitrogen and oxygen atoms in total. The first kappa shape index (κ1) is 11.3. The maximum atomic E-state index is 5.99. The third-order valence-electron chi connectivity index (χ3n) is 3.65. The molecule has 0 amide bonds. The van der Waals surface area contributed by atoms with E-state index in [9.17, 15) is 0 Å². The molecule has 1 aromatic heterocycles. The Balaban J connectivity index is 1.65. The second-order valence-electron chi connectivity index (χ2n) is 5.04. The lowest BCUT2D eigenvalue weighted by molar-refractivity contribution is 0.0924. The lowest BCUT2D eigenvalue weighted by Crippen LogP contribution is -2.51. The van der Waals surface area contributed by atoms with Gasteiger partial charge in [-0.25, -0.2) is 0 Å². The summed E-state index contributed by atoms with van der Waals surface area (Å²) < 4.78 is 5.99. The van der Waals surface area contributed by atoms with E-state index in [0.717, 1.165) is 18.6 Å². The van der Waals surface area contributed by atoms with Gasteiger partial charge in [-0.3, -0.25) is 4.98 Å². The lowest BCUT2D eigenvalue weighted by Gasteiger charge is -2.40. The van der Waals surface area contributed by atoms with Crippen LogP contribution in [0.4, 0.5) is 0 Å². The summed E-state index contributed by atoms with van der Waals surface area (Å²) in [5.74, 6) is 0.794. The highest BCUT2D eigenvalue weighted by atomic mass is 35.5. The predicted molar refractivity (Wildman–Crippen MR) is 67.5 cm³/mol. The zero-order valence-corrected chi connectivity index (χ0v) is 10.5. The molecule has 3 rings (SSSR count). The number of hydrogen-bond acceptors (Lipinski definition) is 3. The van der Waals surface area contributed by atoms with Crippen LogP contribution < -0.4 is 10.1 Å². The van der Waals surface area contributed by atoms with Crippen LogP contribution in [0.5, 0.6) is 5.75 Å². The second kappa shape index (κ2) is 4.83. The molecule has 4 heteroatoms. The van der Waals surface area contributed by atoms with Gasteiger partial charge in [-0.1, -0.05) is 18.0 Å². The molecule has 0 spiro atoms. The van der Waals surface area contributed by atoms with Crippen LogP contribution in [0.25, 0.3) is 0 Å². The minimum Gasteiger partial charge on any atom is -0.489 e. The van der Waals surface area contributed by atoms with Crippen molar-refractivity contribution in [2.24, 2.45) is 0 Å². The van der Waals surface area contributed by atoms with Crippen LogP contribution in [0.1, 0.15) is 32.1 Å². The molecular formula is C13H17ClN2O. The van der Waals surface area contributed by atoms with Crippen LogP contribution >= 0.6 is 11.6 Å². The lowest BCUT2D eigenvalue weighted by atomic mass is 9.85. The standard InChI is InChI=1S/C13H17ClN2O/c14-9-4-13(8-15-7-9)17-12-5-10-2-1-3-11(6-12)16-10/h4,7-8,10-12,16H,1-3,5-6H2/t10-,11+,12-. The second-order valence-corrected chi connectivity index (χ2v) is 5.48. The maximum Gasteiger partial charge on any atom is 0.139 e. The number of aromatic nitrogens is 1. The summed E-state index contributed by atoms with van der Waals surface area (Å²) in [7, 11) is 0. The Bertz CT molecular complexity index is 387. The summed E-state index contributed by atoms with van der Waals surface area (Å²) >= 11 is 5.90. The fraction of sp³-hybridized carbons (Fsp3) is 0.615. The maximum absolute atomic E-state index is 5.99. The van der Waals surface area contributed by atoms with Crippen molar-refractivity contribution in [2.75, 3.05) is 0 Å². The van der Waals surface area contributed by atoms with Crippen molar-refractivity contribution in [1.29, 1.82) is 0 Å². The fourth-order valence-corrected chi connectivity index (χ4v) is 3.12. The van der Waals surface area contributed by atoms with Gasteiger partial charge in [0.2, 0.25) is 0 Å². The molecule has 92 valence electrons. The molecule has 2 bridgehead atoms. The number of fused-ring (bicyclic) bond motifs is 2. The Labute approximate surface area is 107 Å². The first-order chi connectivity index (χ1) is 8.29. The Morgan fingerprint density at radius 2 is 2.00 bits per heavy atom. The van der Waals surface area contributed by atoms with Crippen LogP contribution in [0.3, 0.4) is 0 Å². The van der Waals surface area contributed by atoms with Gasteiger partial charge in [-0.15, -0.1) is 0 Å². The number of hydrogen-bond donors (Lipinski definition) is 1. The van der Waals surface area contributed by atoms with E-state index in [1.807, 2.05) is 6.07 Å². The summed E-state index contributed by atoms with van der Waals surface area (Å²) in [4.78, 5) is 4.05. The largest absolute Gasteiger partial charge is 0.489 e. The predicted octanol–water partition coefficient (Wildman–Crippen LogP) is 2.79. The van der Waals surface area contributed by atoms with Crippen LogP contribution in [-0.2, 0) is 0 Å². The highest BCUT2D eigenvalue weighted by molar-refractivity contribution is 6.30. The molecule has 1 aromatic rings. The Kier molecular flexibility index (Phi) is 3.21. The molecule has 0 unspecified atom stereocenters. The van der Waals surface area contributed by atoms with Crippen molar-refractivity contribution in [3.05, 3.63) is 23.5 Å². The van der Waals surface area contributed by atoms with Crippen molar-refractivity contribution >= 4 is 11.6 Å². The molecular weight excluding hydrogens is 236 g/mol. The van der Waals surface area contributed by atoms with Gasteiger partial charge >= 0.3 is 0 Å². The van der Waals surface area contributed by atoms with Crippen molar-refractivity contribution in [3.63, 3.8) is 0 Å². The number of nitrogens with one attached hydrogen (secondary N) is 1. The molecule has 0 aliphatic carbocycles. The average Bonchev–Trinajstić information content (AvgIpc) is 2.28. The van der Waals surface area contributed by atoms with E-state index in [2.05, 4.69) is 10.3 Å². The molecule has 1 N–H and O–H groups in total. The van der Waals surface area contributed by atoms with Crippen molar-refractivity contribution in [2.45, 2.75) is 50.3 Å². The topological polar surface area (TPSA) is 34.1 Å². The molecule has 2 fully saturated rings. The third kappa shape index (κ3) is 2.72. The fourth-order valence-electron chi connectivity index (χ4n) is 2.96. The van der Waals surface area contributed by atoms with Crippen molar-refractivity contribution in [3.8, 4) is 5.75 Å². The smallest absolute Gasteiger partial charge is 0.139 e. The molecule has 0 aromatic carbocycles. The summed E-state index contributed by atoms with van der Waals surface area (Å²) in [5.41, 5.74) is 0. The summed E-state index contributed by atoms with van der Waals surface area (Å²) in [6, 6.07) is 3.12. The van der Waals surface area contributed by atoms with E-state index < -0.39 is 0 Å². The molecule has 0 saturated carbocycles. The zero-order chi connectivity index (χ0) is 11.7. The first-order valence-electron chi connectivity index (χ1n) is 6.33. The van der Waals surface area contributed by atoms with E-state index in [1.54, 1.807) is 12.4 Å². The monoisotopic (exact) mass is 252 g/mol. The molecule has 2 aliphatic heterocycles. The third-order valence-corrected chi connectivity index (χ3v) is 3.86. The van der Waals surface area contributed by atoms with Gasteiger partial charge < -0.3 is 10.1 Å². The normalized spacial score (nSPS) is 32.2. The highest BCUT2D eigenvalue weighted by Gasteiger charge is 2.32. The first-order valence-corrected chi connectivity index (χ1v) is 6.70. The van der Waals surface area contributed by atoms with Crippen LogP contribution in [0, 0.1) is 0 Å². The van der Waals surface area contributed by atoms with E-state index in [4.69, 9.17) is 16.3 Å². The van der Waals surface area contributed by atoms with Crippen LogP contribution in [-0.4, -0.2) is 23.2 Å². The zero-order valence-electron chi connectivity index (χ0n) is 9.73. The van der Waals surface area contributed by atoms with Gasteiger partial charge in [0, 0.05) is 24.3 Å². The summed E-state index contributed by atoms with van der Waals surface area (Å²) in [6.07, 6.45) is 9.80. The number of piperidine rings is 2. The van der Waals surface area contributed by atoms with Gasteiger partial charge in [0.1, 0.15) is 11.9 Å². The molecule has 0 radical (unpaired) electrons. The van der Waals surface area contributed by atoms with Crippen molar-refractivity contribution < 1.29 is 4.74 Å². The van der Waals surface area contributed by atoms with Crippen LogP contribution in [0.2, 0.25) is 5.02 Å². The summed E-state index contributed by atoms with van der Waals surface area (Å²) in [5, 5.41) is 4.29. The van der Waals surface area contributed by atoms with Gasteiger partial charge in [0.05, 0.1) is 11.2 Å². The molecule has 3 heterocycles. The Morgan fingerprint density at radius 1 is 1.24 bits per heavy atom. The molecule has 2 saturated heterocycles. The number of pyridine rings is 1.